The van der Waals surface area contributed by atoms with E-state index in [2.05, 4.69) is 49.2 Å². The quantitative estimate of drug-likeness (QED) is 0.495. The molecule has 3 aromatic rings. The molecule has 0 amide bonds. The molecule has 1 unspecified atom stereocenters. The molecule has 28 heavy (non-hydrogen) atoms. The monoisotopic (exact) mass is 415 g/mol. The van der Waals surface area contributed by atoms with E-state index in [-0.39, 0.29) is 6.10 Å². The number of pyridine rings is 1. The maximum Gasteiger partial charge on any atom is 0.191 e. The average molecular weight is 416 g/mol. The maximum absolute atomic E-state index is 5.88. The van der Waals surface area contributed by atoms with E-state index in [0.29, 0.717) is 0 Å². The fourth-order valence-corrected chi connectivity index (χ4v) is 4.97. The van der Waals surface area contributed by atoms with Gasteiger partial charge in [-0.05, 0) is 43.5 Å². The second-order valence-electron chi connectivity index (χ2n) is 7.01. The van der Waals surface area contributed by atoms with Crippen molar-refractivity contribution in [3.63, 3.8) is 0 Å². The first kappa shape index (κ1) is 19.6. The molecule has 0 bridgehead atoms. The van der Waals surface area contributed by atoms with Crippen LogP contribution in [-0.2, 0) is 30.1 Å². The van der Waals surface area contributed by atoms with Crippen molar-refractivity contribution in [3.8, 4) is 0 Å². The van der Waals surface area contributed by atoms with Crippen LogP contribution in [0.3, 0.4) is 0 Å². The van der Waals surface area contributed by atoms with Crippen LogP contribution in [0.5, 0.6) is 0 Å². The van der Waals surface area contributed by atoms with Crippen molar-refractivity contribution in [2.24, 2.45) is 0 Å². The lowest BCUT2D eigenvalue weighted by atomic mass is 10.2. The Hall–Kier alpha value is -1.74. The standard InChI is InChI=1S/C20H25N5OS2/c1-24(13-18-8-5-11-27-18)14-19-22-23-20(25(19)12-17-7-4-10-26-17)28-15-16-6-2-3-9-21-16/h2-3,5-6,8-9,11,17H,4,7,10,12-15H2,1H3. The van der Waals surface area contributed by atoms with Gasteiger partial charge in [-0.2, -0.15) is 0 Å². The summed E-state index contributed by atoms with van der Waals surface area (Å²) in [6.45, 7) is 3.36. The highest BCUT2D eigenvalue weighted by Crippen LogP contribution is 2.24. The molecule has 0 saturated carbocycles. The fraction of sp³-hybridized carbons (Fsp3) is 0.450. The summed E-state index contributed by atoms with van der Waals surface area (Å²) < 4.78 is 8.12. The molecule has 8 heteroatoms. The summed E-state index contributed by atoms with van der Waals surface area (Å²) in [4.78, 5) is 8.06. The molecule has 6 nitrogen and oxygen atoms in total. The molecule has 0 spiro atoms. The van der Waals surface area contributed by atoms with Crippen molar-refractivity contribution >= 4 is 23.1 Å². The minimum absolute atomic E-state index is 0.256. The van der Waals surface area contributed by atoms with Gasteiger partial charge in [0.25, 0.3) is 0 Å². The van der Waals surface area contributed by atoms with E-state index in [4.69, 9.17) is 4.74 Å². The molecule has 1 saturated heterocycles. The van der Waals surface area contributed by atoms with Crippen LogP contribution < -0.4 is 0 Å². The van der Waals surface area contributed by atoms with Gasteiger partial charge in [0.1, 0.15) is 5.82 Å². The second kappa shape index (κ2) is 9.65. The van der Waals surface area contributed by atoms with Gasteiger partial charge < -0.3 is 9.30 Å². The molecule has 1 atom stereocenters. The summed E-state index contributed by atoms with van der Waals surface area (Å²) in [6, 6.07) is 10.3. The van der Waals surface area contributed by atoms with E-state index in [1.54, 1.807) is 23.1 Å². The molecule has 0 N–H and O–H groups in total. The minimum atomic E-state index is 0.256. The number of hydrogen-bond acceptors (Lipinski definition) is 7. The maximum atomic E-state index is 5.88. The molecular formula is C20H25N5OS2. The van der Waals surface area contributed by atoms with Gasteiger partial charge in [-0.15, -0.1) is 21.5 Å². The summed E-state index contributed by atoms with van der Waals surface area (Å²) in [6.07, 6.45) is 4.33. The highest BCUT2D eigenvalue weighted by Gasteiger charge is 2.21. The molecule has 4 heterocycles. The van der Waals surface area contributed by atoms with Crippen molar-refractivity contribution in [2.75, 3.05) is 13.7 Å². The summed E-state index contributed by atoms with van der Waals surface area (Å²) in [7, 11) is 2.13. The number of aromatic nitrogens is 4. The largest absolute Gasteiger partial charge is 0.376 e. The van der Waals surface area contributed by atoms with Gasteiger partial charge in [0.2, 0.25) is 0 Å². The molecular weight excluding hydrogens is 390 g/mol. The Kier molecular flexibility index (Phi) is 6.74. The number of thiophene rings is 1. The Balaban J connectivity index is 1.47. The third-order valence-corrected chi connectivity index (χ3v) is 6.56. The Morgan fingerprint density at radius 3 is 2.96 bits per heavy atom. The summed E-state index contributed by atoms with van der Waals surface area (Å²) in [5.74, 6) is 1.79. The van der Waals surface area contributed by atoms with E-state index in [9.17, 15) is 0 Å². The highest BCUT2D eigenvalue weighted by atomic mass is 32.2. The number of ether oxygens (including phenoxy) is 1. The van der Waals surface area contributed by atoms with Gasteiger partial charge in [-0.1, -0.05) is 23.9 Å². The SMILES string of the molecule is CN(Cc1cccs1)Cc1nnc(SCc2ccccn2)n1CC1CCCO1. The number of rotatable bonds is 9. The van der Waals surface area contributed by atoms with Crippen molar-refractivity contribution in [1.29, 1.82) is 0 Å². The van der Waals surface area contributed by atoms with E-state index in [0.717, 1.165) is 61.5 Å². The van der Waals surface area contributed by atoms with Crippen molar-refractivity contribution < 1.29 is 4.74 Å². The van der Waals surface area contributed by atoms with E-state index >= 15 is 0 Å². The number of thioether (sulfide) groups is 1. The number of hydrogen-bond donors (Lipinski definition) is 0. The second-order valence-corrected chi connectivity index (χ2v) is 8.98. The molecule has 1 fully saturated rings. The molecule has 0 radical (unpaired) electrons. The smallest absolute Gasteiger partial charge is 0.191 e. The Labute approximate surface area is 174 Å². The van der Waals surface area contributed by atoms with Crippen LogP contribution in [-0.4, -0.2) is 44.4 Å². The normalized spacial score (nSPS) is 16.9. The van der Waals surface area contributed by atoms with Crippen LogP contribution in [0, 0.1) is 0 Å². The van der Waals surface area contributed by atoms with Gasteiger partial charge in [-0.25, -0.2) is 0 Å². The zero-order valence-electron chi connectivity index (χ0n) is 16.0. The Bertz CT molecular complexity index is 847. The molecule has 1 aliphatic rings. The fourth-order valence-electron chi connectivity index (χ4n) is 3.31. The third kappa shape index (κ3) is 5.20. The topological polar surface area (TPSA) is 56.1 Å². The summed E-state index contributed by atoms with van der Waals surface area (Å²) >= 11 is 3.48. The highest BCUT2D eigenvalue weighted by molar-refractivity contribution is 7.98. The van der Waals surface area contributed by atoms with Crippen LogP contribution in [0.1, 0.15) is 29.2 Å². The zero-order valence-corrected chi connectivity index (χ0v) is 17.7. The van der Waals surface area contributed by atoms with Crippen LogP contribution in [0.2, 0.25) is 0 Å². The molecule has 0 aliphatic carbocycles. The average Bonchev–Trinajstić information content (AvgIpc) is 3.46. The lowest BCUT2D eigenvalue weighted by Crippen LogP contribution is -2.23. The molecule has 148 valence electrons. The van der Waals surface area contributed by atoms with E-state index in [1.165, 1.54) is 4.88 Å². The molecule has 0 aromatic carbocycles. The van der Waals surface area contributed by atoms with E-state index in [1.807, 2.05) is 24.4 Å². The van der Waals surface area contributed by atoms with Crippen LogP contribution in [0.15, 0.2) is 47.1 Å². The predicted molar refractivity (Wildman–Crippen MR) is 112 cm³/mol. The van der Waals surface area contributed by atoms with Gasteiger partial charge >= 0.3 is 0 Å². The van der Waals surface area contributed by atoms with Gasteiger partial charge in [0.05, 0.1) is 24.9 Å². The number of nitrogens with zero attached hydrogens (tertiary/aromatic N) is 5. The van der Waals surface area contributed by atoms with Crippen LogP contribution in [0.4, 0.5) is 0 Å². The molecule has 3 aromatic heterocycles. The lowest BCUT2D eigenvalue weighted by Gasteiger charge is -2.18. The zero-order chi connectivity index (χ0) is 19.2. The van der Waals surface area contributed by atoms with Crippen molar-refractivity contribution in [2.45, 2.75) is 49.5 Å². The molecule has 1 aliphatic heterocycles. The van der Waals surface area contributed by atoms with Crippen molar-refractivity contribution in [3.05, 3.63) is 58.3 Å². The Morgan fingerprint density at radius 1 is 1.25 bits per heavy atom. The third-order valence-electron chi connectivity index (χ3n) is 4.70. The lowest BCUT2D eigenvalue weighted by molar-refractivity contribution is 0.0934. The van der Waals surface area contributed by atoms with Crippen LogP contribution >= 0.6 is 23.1 Å². The van der Waals surface area contributed by atoms with Crippen molar-refractivity contribution in [1.82, 2.24) is 24.6 Å². The van der Waals surface area contributed by atoms with E-state index < -0.39 is 0 Å². The first-order valence-electron chi connectivity index (χ1n) is 9.55. The van der Waals surface area contributed by atoms with Gasteiger partial charge in [0, 0.05) is 30.0 Å². The predicted octanol–water partition coefficient (Wildman–Crippen LogP) is 3.84. The summed E-state index contributed by atoms with van der Waals surface area (Å²) in [5.41, 5.74) is 1.05. The van der Waals surface area contributed by atoms with Gasteiger partial charge in [-0.3, -0.25) is 9.88 Å². The molecule has 4 rings (SSSR count). The first-order chi connectivity index (χ1) is 13.8. The first-order valence-corrected chi connectivity index (χ1v) is 11.4. The van der Waals surface area contributed by atoms with Crippen LogP contribution in [0.25, 0.3) is 0 Å². The summed E-state index contributed by atoms with van der Waals surface area (Å²) in [5, 5.41) is 12.1. The van der Waals surface area contributed by atoms with Gasteiger partial charge in [0.15, 0.2) is 5.16 Å². The minimum Gasteiger partial charge on any atom is -0.376 e. The Morgan fingerprint density at radius 2 is 2.21 bits per heavy atom.